The van der Waals surface area contributed by atoms with E-state index in [1.54, 1.807) is 19.4 Å². The number of aromatic nitrogens is 1. The van der Waals surface area contributed by atoms with Gasteiger partial charge >= 0.3 is 0 Å². The number of hydrogen-bond acceptors (Lipinski definition) is 4. The summed E-state index contributed by atoms with van der Waals surface area (Å²) in [5.74, 6) is -0.395. The minimum atomic E-state index is -0.542. The summed E-state index contributed by atoms with van der Waals surface area (Å²) in [6.45, 7) is 0.754. The van der Waals surface area contributed by atoms with E-state index in [4.69, 9.17) is 10.1 Å². The number of ether oxygens (including phenoxy) is 1. The standard InChI is InChI=1S/C20H22BrN3O3/c1-27-13-12-24-11-2-4-16(18(24)26)17(25)23-19(22)20(9-3-10-20)14-5-7-15(21)8-6-14/h2,4-8,11H,3,9-10,12-13H2,1H3,(H2,22,23,25). The van der Waals surface area contributed by atoms with Crippen LogP contribution in [0.1, 0.15) is 35.2 Å². The highest BCUT2D eigenvalue weighted by molar-refractivity contribution is 9.10. The zero-order valence-electron chi connectivity index (χ0n) is 15.1. The average Bonchev–Trinajstić information content (AvgIpc) is 2.61. The van der Waals surface area contributed by atoms with E-state index < -0.39 is 11.3 Å². The van der Waals surface area contributed by atoms with Crippen molar-refractivity contribution in [3.63, 3.8) is 0 Å². The SMILES string of the molecule is COCCn1cccc(C(=O)NC(=N)C2(c3ccc(Br)cc3)CCC2)c1=O. The second-order valence-electron chi connectivity index (χ2n) is 6.68. The molecule has 1 amide bonds. The summed E-state index contributed by atoms with van der Waals surface area (Å²) in [7, 11) is 1.56. The van der Waals surface area contributed by atoms with Crippen LogP contribution in [0.4, 0.5) is 0 Å². The molecule has 0 spiro atoms. The summed E-state index contributed by atoms with van der Waals surface area (Å²) in [5.41, 5.74) is 0.169. The lowest BCUT2D eigenvalue weighted by Gasteiger charge is -2.42. The van der Waals surface area contributed by atoms with Crippen molar-refractivity contribution in [3.05, 3.63) is 68.5 Å². The third-order valence-corrected chi connectivity index (χ3v) is 5.65. The lowest BCUT2D eigenvalue weighted by atomic mass is 9.63. The second-order valence-corrected chi connectivity index (χ2v) is 7.60. The van der Waals surface area contributed by atoms with Crippen molar-refractivity contribution in [2.75, 3.05) is 13.7 Å². The molecule has 1 fully saturated rings. The quantitative estimate of drug-likeness (QED) is 0.544. The Balaban J connectivity index is 1.80. The average molecular weight is 432 g/mol. The number of rotatable bonds is 6. The minimum absolute atomic E-state index is 0.0311. The third-order valence-electron chi connectivity index (χ3n) is 5.12. The van der Waals surface area contributed by atoms with Gasteiger partial charge in [0.05, 0.1) is 12.0 Å². The Bertz CT molecular complexity index is 901. The maximum atomic E-state index is 12.7. The van der Waals surface area contributed by atoms with E-state index in [9.17, 15) is 9.59 Å². The van der Waals surface area contributed by atoms with E-state index in [0.717, 1.165) is 29.3 Å². The Labute approximate surface area is 166 Å². The van der Waals surface area contributed by atoms with Gasteiger partial charge in [-0.15, -0.1) is 0 Å². The van der Waals surface area contributed by atoms with Gasteiger partial charge in [-0.3, -0.25) is 15.0 Å². The Morgan fingerprint density at radius 2 is 2.00 bits per heavy atom. The van der Waals surface area contributed by atoms with Crippen molar-refractivity contribution in [2.24, 2.45) is 0 Å². The molecule has 0 aliphatic heterocycles. The van der Waals surface area contributed by atoms with Crippen LogP contribution in [-0.2, 0) is 16.7 Å². The Morgan fingerprint density at radius 1 is 1.30 bits per heavy atom. The number of hydrogen-bond donors (Lipinski definition) is 2. The summed E-state index contributed by atoms with van der Waals surface area (Å²) in [4.78, 5) is 25.2. The largest absolute Gasteiger partial charge is 0.383 e. The molecule has 142 valence electrons. The van der Waals surface area contributed by atoms with Crippen LogP contribution in [0.2, 0.25) is 0 Å². The number of halogens is 1. The van der Waals surface area contributed by atoms with Gasteiger partial charge in [0, 0.05) is 24.3 Å². The van der Waals surface area contributed by atoms with Gasteiger partial charge in [-0.1, -0.05) is 34.5 Å². The lowest BCUT2D eigenvalue weighted by Crippen LogP contribution is -2.51. The van der Waals surface area contributed by atoms with E-state index >= 15 is 0 Å². The van der Waals surface area contributed by atoms with Crippen LogP contribution in [0.15, 0.2) is 51.9 Å². The van der Waals surface area contributed by atoms with E-state index in [1.807, 2.05) is 24.3 Å². The number of amides is 1. The Kier molecular flexibility index (Phi) is 5.92. The molecule has 1 aromatic heterocycles. The molecule has 0 atom stereocenters. The molecule has 0 saturated heterocycles. The van der Waals surface area contributed by atoms with Gasteiger partial charge in [0.2, 0.25) is 0 Å². The Morgan fingerprint density at radius 3 is 2.59 bits per heavy atom. The number of pyridine rings is 1. The summed E-state index contributed by atoms with van der Waals surface area (Å²) in [6, 6.07) is 11.0. The molecule has 27 heavy (non-hydrogen) atoms. The number of carbonyl (C=O) groups is 1. The molecule has 3 rings (SSSR count). The summed E-state index contributed by atoms with van der Waals surface area (Å²) >= 11 is 3.42. The molecule has 1 saturated carbocycles. The van der Waals surface area contributed by atoms with Crippen LogP contribution >= 0.6 is 15.9 Å². The molecule has 0 unspecified atom stereocenters. The van der Waals surface area contributed by atoms with Crippen molar-refractivity contribution in [2.45, 2.75) is 31.2 Å². The molecular weight excluding hydrogens is 410 g/mol. The number of methoxy groups -OCH3 is 1. The zero-order valence-corrected chi connectivity index (χ0v) is 16.7. The van der Waals surface area contributed by atoms with Gasteiger partial charge in [-0.05, 0) is 42.7 Å². The first-order valence-electron chi connectivity index (χ1n) is 8.83. The highest BCUT2D eigenvalue weighted by Crippen LogP contribution is 2.44. The fraction of sp³-hybridized carbons (Fsp3) is 0.350. The van der Waals surface area contributed by atoms with Crippen LogP contribution < -0.4 is 10.9 Å². The van der Waals surface area contributed by atoms with Gasteiger partial charge in [-0.25, -0.2) is 0 Å². The highest BCUT2D eigenvalue weighted by Gasteiger charge is 2.43. The van der Waals surface area contributed by atoms with Gasteiger partial charge in [0.15, 0.2) is 0 Å². The molecule has 2 N–H and O–H groups in total. The maximum absolute atomic E-state index is 12.7. The number of nitrogens with zero attached hydrogens (tertiary/aromatic N) is 1. The number of amidine groups is 1. The van der Waals surface area contributed by atoms with Crippen molar-refractivity contribution in [1.82, 2.24) is 9.88 Å². The first-order valence-corrected chi connectivity index (χ1v) is 9.62. The van der Waals surface area contributed by atoms with Gasteiger partial charge < -0.3 is 14.6 Å². The number of benzene rings is 1. The highest BCUT2D eigenvalue weighted by atomic mass is 79.9. The van der Waals surface area contributed by atoms with Gasteiger partial charge in [-0.2, -0.15) is 0 Å². The predicted molar refractivity (Wildman–Crippen MR) is 107 cm³/mol. The van der Waals surface area contributed by atoms with Crippen LogP contribution in [0.25, 0.3) is 0 Å². The van der Waals surface area contributed by atoms with Crippen molar-refractivity contribution in [1.29, 1.82) is 5.41 Å². The van der Waals surface area contributed by atoms with E-state index in [0.29, 0.717) is 13.2 Å². The van der Waals surface area contributed by atoms with Gasteiger partial charge in [0.1, 0.15) is 11.4 Å². The summed E-state index contributed by atoms with van der Waals surface area (Å²) in [6.07, 6.45) is 4.24. The van der Waals surface area contributed by atoms with E-state index in [-0.39, 0.29) is 17.0 Å². The van der Waals surface area contributed by atoms with Crippen LogP contribution in [0, 0.1) is 5.41 Å². The van der Waals surface area contributed by atoms with E-state index in [2.05, 4.69) is 21.2 Å². The lowest BCUT2D eigenvalue weighted by molar-refractivity contribution is 0.0969. The summed E-state index contributed by atoms with van der Waals surface area (Å²) < 4.78 is 7.40. The number of carbonyl (C=O) groups excluding carboxylic acids is 1. The first kappa shape index (κ1) is 19.5. The van der Waals surface area contributed by atoms with Crippen LogP contribution in [0.3, 0.4) is 0 Å². The molecule has 6 nitrogen and oxygen atoms in total. The number of nitrogens with one attached hydrogen (secondary N) is 2. The predicted octanol–water partition coefficient (Wildman–Crippen LogP) is 3.09. The van der Waals surface area contributed by atoms with Crippen molar-refractivity contribution in [3.8, 4) is 0 Å². The van der Waals surface area contributed by atoms with Gasteiger partial charge in [0.25, 0.3) is 11.5 Å². The topological polar surface area (TPSA) is 84.2 Å². The maximum Gasteiger partial charge on any atom is 0.263 e. The second kappa shape index (κ2) is 8.19. The first-order chi connectivity index (χ1) is 13.0. The van der Waals surface area contributed by atoms with Crippen LogP contribution in [0.5, 0.6) is 0 Å². The molecule has 2 aromatic rings. The molecule has 1 aromatic carbocycles. The third kappa shape index (κ3) is 3.89. The Hall–Kier alpha value is -2.25. The molecule has 1 aliphatic carbocycles. The minimum Gasteiger partial charge on any atom is -0.383 e. The van der Waals surface area contributed by atoms with Crippen molar-refractivity contribution < 1.29 is 9.53 Å². The molecule has 0 bridgehead atoms. The molecule has 1 aliphatic rings. The fourth-order valence-corrected chi connectivity index (χ4v) is 3.62. The zero-order chi connectivity index (χ0) is 19.4. The molecule has 7 heteroatoms. The fourth-order valence-electron chi connectivity index (χ4n) is 3.36. The molecule has 0 radical (unpaired) electrons. The van der Waals surface area contributed by atoms with E-state index in [1.165, 1.54) is 10.6 Å². The smallest absolute Gasteiger partial charge is 0.263 e. The summed E-state index contributed by atoms with van der Waals surface area (Å²) in [5, 5.41) is 11.2. The normalized spacial score (nSPS) is 15.0. The monoisotopic (exact) mass is 431 g/mol. The van der Waals surface area contributed by atoms with Crippen molar-refractivity contribution >= 4 is 27.7 Å². The molecule has 1 heterocycles. The molecular formula is C20H22BrN3O3. The van der Waals surface area contributed by atoms with Crippen LogP contribution in [-0.4, -0.2) is 30.0 Å².